The van der Waals surface area contributed by atoms with Crippen LogP contribution >= 0.6 is 15.9 Å². The van der Waals surface area contributed by atoms with Crippen LogP contribution in [0.4, 0.5) is 11.4 Å². The molecular formula is C19H30BrN3O5S. The second kappa shape index (κ2) is 10.7. The molecule has 1 saturated heterocycles. The van der Waals surface area contributed by atoms with Crippen LogP contribution < -0.4 is 4.90 Å². The molecule has 0 unspecified atom stereocenters. The number of aliphatic hydroxyl groups excluding tert-OH is 1. The molecule has 0 aliphatic carbocycles. The Bertz CT molecular complexity index is 802. The lowest BCUT2D eigenvalue weighted by Gasteiger charge is -2.30. The van der Waals surface area contributed by atoms with Crippen LogP contribution in [0.5, 0.6) is 0 Å². The van der Waals surface area contributed by atoms with Crippen molar-refractivity contribution in [2.24, 2.45) is 0 Å². The molecule has 2 rings (SSSR count). The molecule has 0 saturated carbocycles. The van der Waals surface area contributed by atoms with Crippen molar-refractivity contribution in [3.63, 3.8) is 0 Å². The summed E-state index contributed by atoms with van der Waals surface area (Å²) >= 11 is 3.37. The van der Waals surface area contributed by atoms with Crippen molar-refractivity contribution in [1.29, 1.82) is 0 Å². The van der Waals surface area contributed by atoms with E-state index in [1.54, 1.807) is 11.8 Å². The van der Waals surface area contributed by atoms with E-state index in [9.17, 15) is 23.6 Å². The van der Waals surface area contributed by atoms with Gasteiger partial charge in [-0.3, -0.25) is 10.1 Å². The fourth-order valence-corrected chi connectivity index (χ4v) is 6.52. The summed E-state index contributed by atoms with van der Waals surface area (Å²) in [6.45, 7) is 3.96. The Labute approximate surface area is 181 Å². The van der Waals surface area contributed by atoms with Crippen LogP contribution in [-0.2, 0) is 9.84 Å². The Morgan fingerprint density at radius 1 is 1.28 bits per heavy atom. The number of hydrogen-bond donors (Lipinski definition) is 1. The molecule has 0 amide bonds. The fourth-order valence-electron chi connectivity index (χ4n) is 3.94. The van der Waals surface area contributed by atoms with Gasteiger partial charge >= 0.3 is 0 Å². The van der Waals surface area contributed by atoms with E-state index in [-0.39, 0.29) is 23.7 Å². The fraction of sp³-hybridized carbons (Fsp3) is 0.684. The number of nitro benzene ring substituents is 1. The molecule has 1 N–H and O–H groups in total. The summed E-state index contributed by atoms with van der Waals surface area (Å²) in [5.74, 6) is 0. The lowest BCUT2D eigenvalue weighted by atomic mass is 10.1. The molecule has 0 radical (unpaired) electrons. The third-order valence-corrected chi connectivity index (χ3v) is 8.01. The Balaban J connectivity index is 2.58. The molecule has 10 heteroatoms. The van der Waals surface area contributed by atoms with E-state index < -0.39 is 20.0 Å². The van der Waals surface area contributed by atoms with Crippen molar-refractivity contribution in [2.75, 3.05) is 50.1 Å². The topological polar surface area (TPSA) is 104 Å². The van der Waals surface area contributed by atoms with Crippen molar-refractivity contribution >= 4 is 37.1 Å². The first-order chi connectivity index (χ1) is 13.7. The van der Waals surface area contributed by atoms with Crippen LogP contribution in [0.1, 0.15) is 31.2 Å². The highest BCUT2D eigenvalue weighted by Gasteiger charge is 2.34. The summed E-state index contributed by atoms with van der Waals surface area (Å²) in [7, 11) is -1.74. The Hall–Kier alpha value is -1.23. The zero-order valence-electron chi connectivity index (χ0n) is 17.0. The number of alkyl halides is 1. The van der Waals surface area contributed by atoms with Gasteiger partial charge < -0.3 is 14.9 Å². The molecule has 0 atom stereocenters. The van der Waals surface area contributed by atoms with Gasteiger partial charge in [0.15, 0.2) is 9.84 Å². The predicted octanol–water partition coefficient (Wildman–Crippen LogP) is 2.74. The minimum atomic E-state index is -3.77. The number of benzene rings is 1. The minimum absolute atomic E-state index is 0.0116. The maximum atomic E-state index is 13.7. The first-order valence-corrected chi connectivity index (χ1v) is 12.5. The van der Waals surface area contributed by atoms with Gasteiger partial charge in [-0.15, -0.1) is 0 Å². The van der Waals surface area contributed by atoms with Crippen LogP contribution in [0.3, 0.4) is 0 Å². The van der Waals surface area contributed by atoms with Gasteiger partial charge in [0.25, 0.3) is 5.69 Å². The van der Waals surface area contributed by atoms with Crippen molar-refractivity contribution in [2.45, 2.75) is 42.8 Å². The second-order valence-electron chi connectivity index (χ2n) is 7.52. The smallest absolute Gasteiger partial charge is 0.271 e. The van der Waals surface area contributed by atoms with Gasteiger partial charge in [0.2, 0.25) is 0 Å². The van der Waals surface area contributed by atoms with E-state index in [4.69, 9.17) is 0 Å². The molecule has 8 nitrogen and oxygen atoms in total. The second-order valence-corrected chi connectivity index (χ2v) is 10.5. The van der Waals surface area contributed by atoms with Crippen molar-refractivity contribution in [1.82, 2.24) is 4.90 Å². The Morgan fingerprint density at radius 2 is 1.90 bits per heavy atom. The summed E-state index contributed by atoms with van der Waals surface area (Å²) in [6, 6.07) is 2.60. The number of hydrogen-bond acceptors (Lipinski definition) is 7. The van der Waals surface area contributed by atoms with E-state index in [1.807, 2.05) is 7.05 Å². The van der Waals surface area contributed by atoms with E-state index >= 15 is 0 Å². The number of aliphatic hydroxyl groups is 1. The Morgan fingerprint density at radius 3 is 2.41 bits per heavy atom. The van der Waals surface area contributed by atoms with Crippen LogP contribution in [0.15, 0.2) is 17.0 Å². The maximum Gasteiger partial charge on any atom is 0.271 e. The summed E-state index contributed by atoms with van der Waals surface area (Å²) in [5, 5.41) is 20.9. The van der Waals surface area contributed by atoms with E-state index in [2.05, 4.69) is 20.8 Å². The molecule has 1 aliphatic heterocycles. The number of rotatable bonds is 8. The van der Waals surface area contributed by atoms with Crippen molar-refractivity contribution in [3.8, 4) is 0 Å². The third kappa shape index (κ3) is 5.90. The van der Waals surface area contributed by atoms with E-state index in [0.717, 1.165) is 25.9 Å². The van der Waals surface area contributed by atoms with Gasteiger partial charge in [-0.05, 0) is 58.3 Å². The average molecular weight is 492 g/mol. The highest BCUT2D eigenvalue weighted by atomic mass is 79.9. The summed E-state index contributed by atoms with van der Waals surface area (Å²) < 4.78 is 27.3. The van der Waals surface area contributed by atoms with Gasteiger partial charge in [-0.1, -0.05) is 15.9 Å². The number of nitrogens with zero attached hydrogens (tertiary/aromatic N) is 3. The number of nitro groups is 1. The van der Waals surface area contributed by atoms with Gasteiger partial charge in [0, 0.05) is 30.6 Å². The number of non-ortho nitro benzene ring substituents is 1. The number of likely N-dealkylation sites (tertiary alicyclic amines) is 1. The quantitative estimate of drug-likeness (QED) is 0.338. The average Bonchev–Trinajstić information content (AvgIpc) is 2.63. The van der Waals surface area contributed by atoms with Gasteiger partial charge in [-0.25, -0.2) is 8.42 Å². The molecule has 1 fully saturated rings. The SMILES string of the molecule is Cc1cc([N+](=O)[O-])cc(S(=O)(=O)C2CCCN(C)CCC2)c1N(CCO)CCBr. The lowest BCUT2D eigenvalue weighted by Crippen LogP contribution is -2.33. The summed E-state index contributed by atoms with van der Waals surface area (Å²) in [6.07, 6.45) is 2.61. The van der Waals surface area contributed by atoms with Crippen molar-refractivity contribution < 1.29 is 18.4 Å². The predicted molar refractivity (Wildman–Crippen MR) is 118 cm³/mol. The zero-order valence-corrected chi connectivity index (χ0v) is 19.4. The first kappa shape index (κ1) is 24.0. The molecule has 1 aromatic carbocycles. The van der Waals surface area contributed by atoms with Gasteiger partial charge in [0.05, 0.1) is 27.4 Å². The van der Waals surface area contributed by atoms with Crippen molar-refractivity contribution in [3.05, 3.63) is 27.8 Å². The molecule has 1 aromatic rings. The Kier molecular flexibility index (Phi) is 8.87. The normalized spacial score (nSPS) is 17.0. The van der Waals surface area contributed by atoms with E-state index in [0.29, 0.717) is 36.0 Å². The molecule has 1 heterocycles. The van der Waals surface area contributed by atoms with Gasteiger partial charge in [0.1, 0.15) is 0 Å². The van der Waals surface area contributed by atoms with Crippen LogP contribution in [0.25, 0.3) is 0 Å². The molecule has 29 heavy (non-hydrogen) atoms. The first-order valence-electron chi connectivity index (χ1n) is 9.85. The molecule has 1 aliphatic rings. The number of halogens is 1. The standard InChI is InChI=1S/C19H30BrN3O5S/c1-15-13-16(23(25)26)14-18(19(15)22(10-7-20)11-12-24)29(27,28)17-5-3-8-21(2)9-4-6-17/h13-14,17,24H,3-12H2,1-2H3. The largest absolute Gasteiger partial charge is 0.395 e. The molecule has 0 bridgehead atoms. The molecule has 164 valence electrons. The number of anilines is 1. The lowest BCUT2D eigenvalue weighted by molar-refractivity contribution is -0.385. The van der Waals surface area contributed by atoms with Crippen LogP contribution in [0, 0.1) is 17.0 Å². The number of sulfone groups is 1. The minimum Gasteiger partial charge on any atom is -0.395 e. The van der Waals surface area contributed by atoms with Crippen LogP contribution in [0.2, 0.25) is 0 Å². The summed E-state index contributed by atoms with van der Waals surface area (Å²) in [4.78, 5) is 14.9. The maximum absolute atomic E-state index is 13.7. The highest BCUT2D eigenvalue weighted by molar-refractivity contribution is 9.09. The highest BCUT2D eigenvalue weighted by Crippen LogP contribution is 2.37. The molecule has 0 spiro atoms. The molecule has 0 aromatic heterocycles. The third-order valence-electron chi connectivity index (χ3n) is 5.38. The summed E-state index contributed by atoms with van der Waals surface area (Å²) in [5.41, 5.74) is 0.763. The monoisotopic (exact) mass is 491 g/mol. The van der Waals surface area contributed by atoms with Crippen LogP contribution in [-0.4, -0.2) is 73.8 Å². The molecular weight excluding hydrogens is 462 g/mol. The van der Waals surface area contributed by atoms with Gasteiger partial charge in [-0.2, -0.15) is 0 Å². The zero-order chi connectivity index (χ0) is 21.6. The number of aryl methyl sites for hydroxylation is 1. The van der Waals surface area contributed by atoms with E-state index in [1.165, 1.54) is 12.1 Å².